The van der Waals surface area contributed by atoms with E-state index in [1.807, 2.05) is 0 Å². The molecule has 2 N–H and O–H groups in total. The minimum Gasteiger partial charge on any atom is -0.507 e. The number of phenols is 1. The molecule has 3 rings (SSSR count). The molecule has 0 fully saturated rings. The number of rotatable bonds is 3. The number of nitrogens with one attached hydrogen (secondary N) is 1. The number of phenolic OH excluding ortho intramolecular Hbond substituents is 1. The van der Waals surface area contributed by atoms with Gasteiger partial charge in [0.1, 0.15) is 17.4 Å². The maximum absolute atomic E-state index is 13.9. The Morgan fingerprint density at radius 3 is 2.55 bits per heavy atom. The predicted octanol–water partition coefficient (Wildman–Crippen LogP) is 3.43. The molecule has 0 radical (unpaired) electrons. The van der Waals surface area contributed by atoms with E-state index >= 15 is 0 Å². The van der Waals surface area contributed by atoms with Gasteiger partial charge in [0, 0.05) is 18.7 Å². The van der Waals surface area contributed by atoms with E-state index < -0.39 is 11.6 Å². The fourth-order valence-corrected chi connectivity index (χ4v) is 2.03. The highest BCUT2D eigenvalue weighted by molar-refractivity contribution is 5.74. The van der Waals surface area contributed by atoms with Gasteiger partial charge >= 0.3 is 6.01 Å². The molecule has 0 aliphatic heterocycles. The first-order valence-electron chi connectivity index (χ1n) is 6.38. The summed E-state index contributed by atoms with van der Waals surface area (Å²) in [5, 5.41) is 20.1. The molecular weight excluding hydrogens is 292 g/mol. The van der Waals surface area contributed by atoms with Crippen LogP contribution in [0.3, 0.4) is 0 Å². The average molecular weight is 303 g/mol. The van der Waals surface area contributed by atoms with Crippen molar-refractivity contribution in [1.29, 1.82) is 0 Å². The zero-order chi connectivity index (χ0) is 15.7. The van der Waals surface area contributed by atoms with Crippen LogP contribution in [-0.4, -0.2) is 22.4 Å². The molecule has 5 nitrogen and oxygen atoms in total. The van der Waals surface area contributed by atoms with Crippen LogP contribution in [-0.2, 0) is 0 Å². The van der Waals surface area contributed by atoms with Gasteiger partial charge in [0.25, 0.3) is 5.89 Å². The molecule has 0 unspecified atom stereocenters. The van der Waals surface area contributed by atoms with Crippen LogP contribution in [0, 0.1) is 11.6 Å². The second-order valence-electron chi connectivity index (χ2n) is 4.52. The summed E-state index contributed by atoms with van der Waals surface area (Å²) in [6.07, 6.45) is 0. The van der Waals surface area contributed by atoms with Gasteiger partial charge in [-0.3, -0.25) is 0 Å². The normalized spacial score (nSPS) is 10.7. The number of halogens is 2. The Morgan fingerprint density at radius 2 is 1.86 bits per heavy atom. The number of benzene rings is 2. The summed E-state index contributed by atoms with van der Waals surface area (Å²) in [7, 11) is 1.61. The molecule has 3 aromatic rings. The maximum atomic E-state index is 13.9. The molecule has 0 aliphatic rings. The molecule has 7 heteroatoms. The van der Waals surface area contributed by atoms with Crippen LogP contribution in [0.2, 0.25) is 0 Å². The predicted molar refractivity (Wildman–Crippen MR) is 76.3 cm³/mol. The zero-order valence-electron chi connectivity index (χ0n) is 11.5. The Kier molecular flexibility index (Phi) is 3.46. The highest BCUT2D eigenvalue weighted by Crippen LogP contribution is 2.34. The topological polar surface area (TPSA) is 71.2 Å². The summed E-state index contributed by atoms with van der Waals surface area (Å²) in [6, 6.07) is 7.88. The van der Waals surface area contributed by atoms with Crippen molar-refractivity contribution >= 4 is 6.01 Å². The summed E-state index contributed by atoms with van der Waals surface area (Å²) in [4.78, 5) is 0. The van der Waals surface area contributed by atoms with Crippen LogP contribution in [0.25, 0.3) is 22.6 Å². The fourth-order valence-electron chi connectivity index (χ4n) is 2.03. The number of anilines is 1. The minimum atomic E-state index is -0.696. The van der Waals surface area contributed by atoms with Crippen molar-refractivity contribution in [3.05, 3.63) is 48.0 Å². The van der Waals surface area contributed by atoms with Gasteiger partial charge < -0.3 is 14.8 Å². The lowest BCUT2D eigenvalue weighted by Crippen LogP contribution is -1.88. The van der Waals surface area contributed by atoms with Crippen LogP contribution < -0.4 is 5.32 Å². The molecule has 22 heavy (non-hydrogen) atoms. The quantitative estimate of drug-likeness (QED) is 0.775. The largest absolute Gasteiger partial charge is 0.507 e. The number of aromatic nitrogens is 2. The molecular formula is C15H11F2N3O2. The Morgan fingerprint density at radius 1 is 1.05 bits per heavy atom. The van der Waals surface area contributed by atoms with E-state index in [1.165, 1.54) is 24.3 Å². The van der Waals surface area contributed by atoms with E-state index in [4.69, 9.17) is 4.42 Å². The molecule has 0 atom stereocenters. The number of hydrogen-bond acceptors (Lipinski definition) is 5. The molecule has 112 valence electrons. The summed E-state index contributed by atoms with van der Waals surface area (Å²) >= 11 is 0. The van der Waals surface area contributed by atoms with Crippen LogP contribution in [0.4, 0.5) is 14.8 Å². The second kappa shape index (κ2) is 5.44. The zero-order valence-corrected chi connectivity index (χ0v) is 11.5. The SMILES string of the molecule is CNc1nnc(-c2cc(-c3ccc(F)cc3F)ccc2O)o1. The highest BCUT2D eigenvalue weighted by atomic mass is 19.1. The van der Waals surface area contributed by atoms with Crippen molar-refractivity contribution < 1.29 is 18.3 Å². The molecule has 0 spiro atoms. The third-order valence-corrected chi connectivity index (χ3v) is 3.11. The Bertz CT molecular complexity index is 833. The first-order valence-corrected chi connectivity index (χ1v) is 6.38. The number of nitrogens with zero attached hydrogens (tertiary/aromatic N) is 2. The van der Waals surface area contributed by atoms with Crippen LogP contribution in [0.15, 0.2) is 40.8 Å². The smallest absolute Gasteiger partial charge is 0.315 e. The van der Waals surface area contributed by atoms with Crippen molar-refractivity contribution in [3.63, 3.8) is 0 Å². The number of hydrogen-bond donors (Lipinski definition) is 2. The summed E-state index contributed by atoms with van der Waals surface area (Å²) in [6.45, 7) is 0. The Labute approximate surface area is 124 Å². The average Bonchev–Trinajstić information content (AvgIpc) is 2.97. The van der Waals surface area contributed by atoms with Crippen molar-refractivity contribution in [3.8, 4) is 28.3 Å². The van der Waals surface area contributed by atoms with Crippen molar-refractivity contribution in [2.24, 2.45) is 0 Å². The molecule has 0 amide bonds. The molecule has 0 aliphatic carbocycles. The number of aromatic hydroxyl groups is 1. The van der Waals surface area contributed by atoms with E-state index in [9.17, 15) is 13.9 Å². The van der Waals surface area contributed by atoms with E-state index in [0.717, 1.165) is 12.1 Å². The van der Waals surface area contributed by atoms with Crippen molar-refractivity contribution in [2.45, 2.75) is 0 Å². The summed E-state index contributed by atoms with van der Waals surface area (Å²) in [5.74, 6) is -1.35. The lowest BCUT2D eigenvalue weighted by atomic mass is 10.0. The standard InChI is InChI=1S/C15H11F2N3O2/c1-18-15-20-19-14(22-15)11-6-8(2-5-13(11)21)10-4-3-9(16)7-12(10)17/h2-7,21H,1H3,(H,18,20). The van der Waals surface area contributed by atoms with Gasteiger partial charge in [-0.05, 0) is 29.8 Å². The van der Waals surface area contributed by atoms with Gasteiger partial charge in [-0.2, -0.15) is 0 Å². The van der Waals surface area contributed by atoms with Crippen molar-refractivity contribution in [1.82, 2.24) is 10.2 Å². The second-order valence-corrected chi connectivity index (χ2v) is 4.52. The molecule has 2 aromatic carbocycles. The maximum Gasteiger partial charge on any atom is 0.315 e. The molecule has 0 bridgehead atoms. The van der Waals surface area contributed by atoms with E-state index in [-0.39, 0.29) is 28.8 Å². The first kappa shape index (κ1) is 14.0. The summed E-state index contributed by atoms with van der Waals surface area (Å²) < 4.78 is 32.2. The molecule has 1 heterocycles. The van der Waals surface area contributed by atoms with Gasteiger partial charge in [-0.15, -0.1) is 5.10 Å². The van der Waals surface area contributed by atoms with Crippen LogP contribution >= 0.6 is 0 Å². The Balaban J connectivity index is 2.09. The molecule has 1 aromatic heterocycles. The highest BCUT2D eigenvalue weighted by Gasteiger charge is 2.15. The van der Waals surface area contributed by atoms with Gasteiger partial charge in [0.2, 0.25) is 0 Å². The van der Waals surface area contributed by atoms with Crippen molar-refractivity contribution in [2.75, 3.05) is 12.4 Å². The van der Waals surface area contributed by atoms with Gasteiger partial charge in [0.05, 0.1) is 5.56 Å². The first-order chi connectivity index (χ1) is 10.6. The molecule has 0 saturated carbocycles. The van der Waals surface area contributed by atoms with Gasteiger partial charge in [-0.1, -0.05) is 11.2 Å². The fraction of sp³-hybridized carbons (Fsp3) is 0.0667. The monoisotopic (exact) mass is 303 g/mol. The van der Waals surface area contributed by atoms with Crippen LogP contribution in [0.1, 0.15) is 0 Å². The van der Waals surface area contributed by atoms with Gasteiger partial charge in [0.15, 0.2) is 0 Å². The third kappa shape index (κ3) is 2.48. The third-order valence-electron chi connectivity index (χ3n) is 3.11. The van der Waals surface area contributed by atoms with E-state index in [2.05, 4.69) is 15.5 Å². The lowest BCUT2D eigenvalue weighted by Gasteiger charge is -2.06. The molecule has 0 saturated heterocycles. The van der Waals surface area contributed by atoms with Gasteiger partial charge in [-0.25, -0.2) is 8.78 Å². The summed E-state index contributed by atoms with van der Waals surface area (Å²) in [5.41, 5.74) is 0.917. The minimum absolute atomic E-state index is 0.0856. The Hall–Kier alpha value is -2.96. The van der Waals surface area contributed by atoms with Crippen LogP contribution in [0.5, 0.6) is 5.75 Å². The van der Waals surface area contributed by atoms with E-state index in [0.29, 0.717) is 5.56 Å². The lowest BCUT2D eigenvalue weighted by molar-refractivity contribution is 0.473. The van der Waals surface area contributed by atoms with E-state index in [1.54, 1.807) is 7.05 Å².